The Morgan fingerprint density at radius 3 is 2.36 bits per heavy atom. The number of hydrogen-bond acceptors (Lipinski definition) is 4. The highest BCUT2D eigenvalue weighted by Gasteiger charge is 2.45. The Kier molecular flexibility index (Phi) is 3.97. The lowest BCUT2D eigenvalue weighted by Gasteiger charge is -2.40. The molecule has 0 saturated heterocycles. The van der Waals surface area contributed by atoms with E-state index in [4.69, 9.17) is 11.6 Å². The van der Waals surface area contributed by atoms with Gasteiger partial charge < -0.3 is 5.32 Å². The average Bonchev–Trinajstić information content (AvgIpc) is 3.11. The summed E-state index contributed by atoms with van der Waals surface area (Å²) in [5.74, 6) is 0.544. The number of tetrazole rings is 1. The first-order valence-corrected chi connectivity index (χ1v) is 8.47. The Morgan fingerprint density at radius 1 is 1.08 bits per heavy atom. The third kappa shape index (κ3) is 2.89. The quantitative estimate of drug-likeness (QED) is 0.750. The van der Waals surface area contributed by atoms with Gasteiger partial charge in [0, 0.05) is 16.3 Å². The first kappa shape index (κ1) is 15.8. The molecule has 0 atom stereocenters. The van der Waals surface area contributed by atoms with Crippen molar-refractivity contribution in [3.05, 3.63) is 59.1 Å². The van der Waals surface area contributed by atoms with E-state index >= 15 is 0 Å². The first-order chi connectivity index (χ1) is 12.2. The van der Waals surface area contributed by atoms with Gasteiger partial charge in [0.25, 0.3) is 0 Å². The van der Waals surface area contributed by atoms with Gasteiger partial charge in [-0.2, -0.15) is 5.21 Å². The number of rotatable bonds is 4. The molecule has 0 spiro atoms. The van der Waals surface area contributed by atoms with Gasteiger partial charge in [-0.25, -0.2) is 0 Å². The second kappa shape index (κ2) is 6.29. The van der Waals surface area contributed by atoms with Gasteiger partial charge in [0.15, 0.2) is 0 Å². The first-order valence-electron chi connectivity index (χ1n) is 8.09. The van der Waals surface area contributed by atoms with Crippen molar-refractivity contribution in [2.45, 2.75) is 24.7 Å². The number of anilines is 1. The zero-order valence-electron chi connectivity index (χ0n) is 13.4. The van der Waals surface area contributed by atoms with Crippen LogP contribution in [0.25, 0.3) is 11.4 Å². The maximum Gasteiger partial charge on any atom is 0.235 e. The molecule has 2 aromatic carbocycles. The van der Waals surface area contributed by atoms with Crippen molar-refractivity contribution in [3.8, 4) is 11.4 Å². The molecule has 7 heteroatoms. The molecule has 2 N–H and O–H groups in total. The molecule has 6 nitrogen and oxygen atoms in total. The lowest BCUT2D eigenvalue weighted by atomic mass is 9.64. The number of halogens is 1. The zero-order valence-corrected chi connectivity index (χ0v) is 14.1. The lowest BCUT2D eigenvalue weighted by Crippen LogP contribution is -2.45. The van der Waals surface area contributed by atoms with Crippen molar-refractivity contribution in [1.82, 2.24) is 20.6 Å². The van der Waals surface area contributed by atoms with Crippen molar-refractivity contribution in [2.24, 2.45) is 0 Å². The molecule has 1 aliphatic rings. The van der Waals surface area contributed by atoms with Gasteiger partial charge in [0.2, 0.25) is 11.7 Å². The van der Waals surface area contributed by atoms with E-state index < -0.39 is 5.41 Å². The van der Waals surface area contributed by atoms with E-state index in [1.54, 1.807) is 0 Å². The molecule has 1 aromatic heterocycles. The highest BCUT2D eigenvalue weighted by Crippen LogP contribution is 2.44. The highest BCUT2D eigenvalue weighted by molar-refractivity contribution is 6.30. The van der Waals surface area contributed by atoms with Crippen molar-refractivity contribution in [3.63, 3.8) is 0 Å². The molecule has 0 aliphatic heterocycles. The highest BCUT2D eigenvalue weighted by atomic mass is 35.5. The van der Waals surface area contributed by atoms with Crippen LogP contribution in [0.15, 0.2) is 48.5 Å². The summed E-state index contributed by atoms with van der Waals surface area (Å²) >= 11 is 5.97. The summed E-state index contributed by atoms with van der Waals surface area (Å²) in [6, 6.07) is 15.0. The van der Waals surface area contributed by atoms with Gasteiger partial charge in [-0.05, 0) is 60.0 Å². The maximum absolute atomic E-state index is 12.9. The smallest absolute Gasteiger partial charge is 0.235 e. The van der Waals surface area contributed by atoms with Crippen LogP contribution in [-0.4, -0.2) is 26.5 Å². The number of aromatic nitrogens is 4. The molecule has 1 fully saturated rings. The average molecular weight is 354 g/mol. The van der Waals surface area contributed by atoms with Crippen LogP contribution in [0, 0.1) is 0 Å². The van der Waals surface area contributed by atoms with E-state index in [-0.39, 0.29) is 5.91 Å². The third-order valence-electron chi connectivity index (χ3n) is 4.78. The van der Waals surface area contributed by atoms with Crippen LogP contribution < -0.4 is 5.32 Å². The molecular weight excluding hydrogens is 338 g/mol. The van der Waals surface area contributed by atoms with Crippen LogP contribution >= 0.6 is 11.6 Å². The van der Waals surface area contributed by atoms with Crippen molar-refractivity contribution < 1.29 is 4.79 Å². The zero-order chi connectivity index (χ0) is 17.3. The Morgan fingerprint density at radius 2 is 1.80 bits per heavy atom. The molecule has 126 valence electrons. The Labute approximate surface area is 149 Å². The summed E-state index contributed by atoms with van der Waals surface area (Å²) in [5, 5.41) is 17.6. The number of aromatic amines is 1. The predicted octanol–water partition coefficient (Wildman–Crippen LogP) is 3.58. The number of carbonyl (C=O) groups excluding carboxylic acids is 1. The second-order valence-corrected chi connectivity index (χ2v) is 6.65. The van der Waals surface area contributed by atoms with E-state index in [2.05, 4.69) is 25.9 Å². The normalized spacial score (nSPS) is 15.4. The molecule has 1 saturated carbocycles. The van der Waals surface area contributed by atoms with Gasteiger partial charge in [-0.1, -0.05) is 30.2 Å². The molecule has 0 unspecified atom stereocenters. The number of H-pyrrole nitrogens is 1. The van der Waals surface area contributed by atoms with Crippen LogP contribution in [0.4, 0.5) is 5.69 Å². The molecule has 3 aromatic rings. The topological polar surface area (TPSA) is 83.6 Å². The molecule has 25 heavy (non-hydrogen) atoms. The van der Waals surface area contributed by atoms with Crippen molar-refractivity contribution in [1.29, 1.82) is 0 Å². The molecule has 1 aliphatic carbocycles. The van der Waals surface area contributed by atoms with Crippen LogP contribution in [0.5, 0.6) is 0 Å². The van der Waals surface area contributed by atoms with Crippen LogP contribution in [0.1, 0.15) is 24.8 Å². The minimum atomic E-state index is -0.461. The Bertz CT molecular complexity index is 871. The van der Waals surface area contributed by atoms with Gasteiger partial charge in [-0.3, -0.25) is 4.79 Å². The fourth-order valence-electron chi connectivity index (χ4n) is 3.18. The summed E-state index contributed by atoms with van der Waals surface area (Å²) in [6.07, 6.45) is 2.75. The molecule has 0 radical (unpaired) electrons. The van der Waals surface area contributed by atoms with Gasteiger partial charge in [0.05, 0.1) is 5.41 Å². The van der Waals surface area contributed by atoms with E-state index in [1.807, 2.05) is 48.5 Å². The Balaban J connectivity index is 1.53. The number of amides is 1. The van der Waals surface area contributed by atoms with Gasteiger partial charge in [-0.15, -0.1) is 10.2 Å². The largest absolute Gasteiger partial charge is 0.325 e. The number of carbonyl (C=O) groups is 1. The monoisotopic (exact) mass is 353 g/mol. The summed E-state index contributed by atoms with van der Waals surface area (Å²) < 4.78 is 0. The Hall–Kier alpha value is -2.73. The van der Waals surface area contributed by atoms with Crippen LogP contribution in [-0.2, 0) is 10.2 Å². The van der Waals surface area contributed by atoms with Crippen molar-refractivity contribution >= 4 is 23.2 Å². The van der Waals surface area contributed by atoms with E-state index in [1.165, 1.54) is 0 Å². The van der Waals surface area contributed by atoms with Gasteiger partial charge in [0.1, 0.15) is 0 Å². The number of nitrogens with one attached hydrogen (secondary N) is 2. The fraction of sp³-hybridized carbons (Fsp3) is 0.222. The number of hydrogen-bond donors (Lipinski definition) is 2. The molecule has 1 amide bonds. The van der Waals surface area contributed by atoms with E-state index in [0.717, 1.165) is 36.1 Å². The summed E-state index contributed by atoms with van der Waals surface area (Å²) in [7, 11) is 0. The van der Waals surface area contributed by atoms with E-state index in [9.17, 15) is 4.79 Å². The predicted molar refractivity (Wildman–Crippen MR) is 95.2 cm³/mol. The summed E-state index contributed by atoms with van der Waals surface area (Å²) in [5.41, 5.74) is 2.14. The third-order valence-corrected chi connectivity index (χ3v) is 5.04. The molecule has 1 heterocycles. The second-order valence-electron chi connectivity index (χ2n) is 6.21. The van der Waals surface area contributed by atoms with Crippen LogP contribution in [0.3, 0.4) is 0 Å². The summed E-state index contributed by atoms with van der Waals surface area (Å²) in [6.45, 7) is 0. The standard InChI is InChI=1S/C18H16ClN5O/c19-14-6-4-13(5-7-14)18(10-1-11-18)17(25)20-15-8-2-12(3-9-15)16-21-23-24-22-16/h2-9H,1,10-11H2,(H,20,25)(H,21,22,23,24). The maximum atomic E-state index is 12.9. The van der Waals surface area contributed by atoms with Crippen molar-refractivity contribution in [2.75, 3.05) is 5.32 Å². The van der Waals surface area contributed by atoms with E-state index in [0.29, 0.717) is 10.8 Å². The number of benzene rings is 2. The molecular formula is C18H16ClN5O. The minimum absolute atomic E-state index is 0.0217. The molecule has 0 bridgehead atoms. The van der Waals surface area contributed by atoms with Gasteiger partial charge >= 0.3 is 0 Å². The molecule has 4 rings (SSSR count). The summed E-state index contributed by atoms with van der Waals surface area (Å²) in [4.78, 5) is 12.9. The lowest BCUT2D eigenvalue weighted by molar-refractivity contribution is -0.124. The number of nitrogens with zero attached hydrogens (tertiary/aromatic N) is 3. The van der Waals surface area contributed by atoms with Crippen LogP contribution in [0.2, 0.25) is 5.02 Å². The minimum Gasteiger partial charge on any atom is -0.325 e. The fourth-order valence-corrected chi connectivity index (χ4v) is 3.31. The SMILES string of the molecule is O=C(Nc1ccc(-c2nn[nH]n2)cc1)C1(c2ccc(Cl)cc2)CCC1.